The number of esters is 2. The van der Waals surface area contributed by atoms with Crippen LogP contribution >= 0.6 is 45.7 Å². The molecule has 15 heteroatoms. The molecule has 0 aromatic carbocycles. The summed E-state index contributed by atoms with van der Waals surface area (Å²) in [6, 6.07) is -0.914. The summed E-state index contributed by atoms with van der Waals surface area (Å²) in [5, 5.41) is 11.0. The predicted octanol–water partition coefficient (Wildman–Crippen LogP) is 1.29. The van der Waals surface area contributed by atoms with Gasteiger partial charge in [-0.3, -0.25) is 14.5 Å². The van der Waals surface area contributed by atoms with Crippen molar-refractivity contribution in [1.29, 1.82) is 0 Å². The summed E-state index contributed by atoms with van der Waals surface area (Å²) in [4.78, 5) is 61.2. The summed E-state index contributed by atoms with van der Waals surface area (Å²) in [7, 11) is 4.13. The molecular formula is C21H24IN5O7S2. The molecule has 0 saturated carbocycles. The summed E-state index contributed by atoms with van der Waals surface area (Å²) >= 11 is 4.83. The summed E-state index contributed by atoms with van der Waals surface area (Å²) in [6.07, 6.45) is 2.61. The maximum atomic E-state index is 13.2. The number of hydrogen-bond donors (Lipinski definition) is 2. The van der Waals surface area contributed by atoms with Crippen molar-refractivity contribution >= 4 is 80.3 Å². The Morgan fingerprint density at radius 1 is 1.36 bits per heavy atom. The number of allylic oxidation sites excluding steroid dienone is 2. The molecule has 2 aliphatic rings. The summed E-state index contributed by atoms with van der Waals surface area (Å²) in [5.41, 5.74) is 0.817. The van der Waals surface area contributed by atoms with E-state index in [4.69, 9.17) is 9.57 Å². The highest BCUT2D eigenvalue weighted by Gasteiger charge is 2.54. The van der Waals surface area contributed by atoms with Gasteiger partial charge in [0.1, 0.15) is 22.8 Å². The molecule has 1 saturated heterocycles. The summed E-state index contributed by atoms with van der Waals surface area (Å²) < 4.78 is 10.2. The highest BCUT2D eigenvalue weighted by atomic mass is 127. The molecule has 0 bridgehead atoms. The van der Waals surface area contributed by atoms with E-state index in [1.165, 1.54) is 49.1 Å². The third-order valence-electron chi connectivity index (χ3n) is 5.08. The number of rotatable bonds is 10. The topological polar surface area (TPSA) is 149 Å². The number of methoxy groups -OCH3 is 2. The van der Waals surface area contributed by atoms with Crippen molar-refractivity contribution in [3.05, 3.63) is 34.5 Å². The predicted molar refractivity (Wildman–Crippen MR) is 143 cm³/mol. The number of thioether (sulfide) groups is 1. The monoisotopic (exact) mass is 649 g/mol. The fourth-order valence-electron chi connectivity index (χ4n) is 3.30. The van der Waals surface area contributed by atoms with Crippen molar-refractivity contribution < 1.29 is 33.5 Å². The van der Waals surface area contributed by atoms with Crippen LogP contribution in [0.25, 0.3) is 0 Å². The standard InChI is InChI=1S/C21H24IN5O7S2/c1-10(19(30)32-3)34-26-13(12-9-36-21(23-2)24-12)16(28)25-14-17(29)27-15(20(31)33-4)11(6-5-7-22)8-35-18(14)27/h5-6,9-10,14,18H,7-8H2,1-4H3,(H,23,24)(H,25,28)/b6-5?,26-13-. The lowest BCUT2D eigenvalue weighted by Crippen LogP contribution is -2.71. The SMILES string of the molecule is CNc1nc(/C(=N/OC(C)C(=O)OC)C(=O)NC2C(=O)N3C(C(=O)OC)=C(C=CCI)CSC23)cs1. The van der Waals surface area contributed by atoms with E-state index in [0.717, 1.165) is 4.43 Å². The van der Waals surface area contributed by atoms with Crippen LogP contribution in [0.1, 0.15) is 12.6 Å². The number of hydrogen-bond acceptors (Lipinski definition) is 12. The Morgan fingerprint density at radius 3 is 2.72 bits per heavy atom. The average Bonchev–Trinajstić information content (AvgIpc) is 3.37. The first-order valence-corrected chi connectivity index (χ1v) is 14.0. The molecule has 3 rings (SSSR count). The van der Waals surface area contributed by atoms with Crippen LogP contribution in [0.5, 0.6) is 0 Å². The van der Waals surface area contributed by atoms with E-state index < -0.39 is 41.3 Å². The zero-order valence-corrected chi connectivity index (χ0v) is 23.6. The molecule has 1 aromatic rings. The molecule has 12 nitrogen and oxygen atoms in total. The fourth-order valence-corrected chi connectivity index (χ4v) is 5.53. The molecule has 194 valence electrons. The van der Waals surface area contributed by atoms with Crippen LogP contribution in [-0.2, 0) is 33.5 Å². The van der Waals surface area contributed by atoms with Crippen molar-refractivity contribution in [2.24, 2.45) is 5.16 Å². The van der Waals surface area contributed by atoms with E-state index in [9.17, 15) is 19.2 Å². The van der Waals surface area contributed by atoms with Crippen molar-refractivity contribution in [3.63, 3.8) is 0 Å². The van der Waals surface area contributed by atoms with Crippen LogP contribution in [0.4, 0.5) is 5.13 Å². The molecule has 1 aromatic heterocycles. The Kier molecular flexibility index (Phi) is 9.72. The largest absolute Gasteiger partial charge is 0.466 e. The first-order chi connectivity index (χ1) is 17.3. The second kappa shape index (κ2) is 12.5. The Balaban J connectivity index is 1.84. The molecular weight excluding hydrogens is 625 g/mol. The van der Waals surface area contributed by atoms with Crippen LogP contribution in [0.15, 0.2) is 34.0 Å². The van der Waals surface area contributed by atoms with Gasteiger partial charge in [0.15, 0.2) is 10.8 Å². The number of fused-ring (bicyclic) bond motifs is 1. The lowest BCUT2D eigenvalue weighted by atomic mass is 10.0. The van der Waals surface area contributed by atoms with Gasteiger partial charge in [-0.2, -0.15) is 0 Å². The van der Waals surface area contributed by atoms with Crippen LogP contribution in [0.2, 0.25) is 0 Å². The molecule has 0 aliphatic carbocycles. The van der Waals surface area contributed by atoms with Crippen molar-refractivity contribution in [1.82, 2.24) is 15.2 Å². The van der Waals surface area contributed by atoms with Crippen molar-refractivity contribution in [2.75, 3.05) is 36.8 Å². The molecule has 0 radical (unpaired) electrons. The van der Waals surface area contributed by atoms with Gasteiger partial charge < -0.3 is 24.9 Å². The highest BCUT2D eigenvalue weighted by molar-refractivity contribution is 14.1. The molecule has 2 N–H and O–H groups in total. The molecule has 36 heavy (non-hydrogen) atoms. The van der Waals surface area contributed by atoms with Gasteiger partial charge in [0.25, 0.3) is 11.8 Å². The van der Waals surface area contributed by atoms with E-state index in [1.54, 1.807) is 18.5 Å². The van der Waals surface area contributed by atoms with Gasteiger partial charge >= 0.3 is 11.9 Å². The van der Waals surface area contributed by atoms with E-state index in [0.29, 0.717) is 16.5 Å². The van der Waals surface area contributed by atoms with Crippen molar-refractivity contribution in [3.8, 4) is 0 Å². The zero-order valence-electron chi connectivity index (χ0n) is 19.8. The van der Waals surface area contributed by atoms with Gasteiger partial charge in [-0.1, -0.05) is 39.9 Å². The number of nitrogens with one attached hydrogen (secondary N) is 2. The smallest absolute Gasteiger partial charge is 0.355 e. The van der Waals surface area contributed by atoms with Gasteiger partial charge in [0.2, 0.25) is 6.10 Å². The molecule has 3 atom stereocenters. The fraction of sp³-hybridized carbons (Fsp3) is 0.429. The number of carbonyl (C=O) groups is 4. The third-order valence-corrected chi connectivity index (χ3v) is 7.75. The number of β-lactam (4-membered cyclic amide) rings is 1. The summed E-state index contributed by atoms with van der Waals surface area (Å²) in [6.45, 7) is 1.42. The van der Waals surface area contributed by atoms with E-state index in [-0.39, 0.29) is 17.1 Å². The molecule has 1 fully saturated rings. The number of halogens is 1. The number of ether oxygens (including phenoxy) is 2. The van der Waals surface area contributed by atoms with E-state index in [2.05, 4.69) is 48.1 Å². The Hall–Kier alpha value is -2.66. The van der Waals surface area contributed by atoms with Crippen LogP contribution < -0.4 is 10.6 Å². The van der Waals surface area contributed by atoms with Gasteiger partial charge in [0, 0.05) is 22.6 Å². The van der Waals surface area contributed by atoms with E-state index >= 15 is 0 Å². The zero-order chi connectivity index (χ0) is 26.4. The number of anilines is 1. The van der Waals surface area contributed by atoms with Crippen LogP contribution in [0.3, 0.4) is 0 Å². The van der Waals surface area contributed by atoms with Gasteiger partial charge in [0.05, 0.1) is 14.2 Å². The van der Waals surface area contributed by atoms with Gasteiger partial charge in [-0.05, 0) is 12.5 Å². The molecule has 3 heterocycles. The molecule has 3 unspecified atom stereocenters. The minimum atomic E-state index is -1.07. The maximum Gasteiger partial charge on any atom is 0.355 e. The second-order valence-corrected chi connectivity index (χ2v) is 10.1. The number of amides is 2. The normalized spacial score (nSPS) is 20.4. The number of alkyl halides is 1. The van der Waals surface area contributed by atoms with Crippen LogP contribution in [-0.4, -0.2) is 88.3 Å². The number of carbonyl (C=O) groups excluding carboxylic acids is 4. The molecule has 2 aliphatic heterocycles. The Labute approximate surface area is 229 Å². The summed E-state index contributed by atoms with van der Waals surface area (Å²) in [5.74, 6) is -2.03. The quantitative estimate of drug-likeness (QED) is 0.0949. The second-order valence-electron chi connectivity index (χ2n) is 7.28. The van der Waals surface area contributed by atoms with Crippen LogP contribution in [0, 0.1) is 0 Å². The molecule has 0 spiro atoms. The van der Waals surface area contributed by atoms with Gasteiger partial charge in [-0.15, -0.1) is 23.1 Å². The van der Waals surface area contributed by atoms with Crippen molar-refractivity contribution in [2.45, 2.75) is 24.4 Å². The highest BCUT2D eigenvalue weighted by Crippen LogP contribution is 2.41. The minimum absolute atomic E-state index is 0.167. The van der Waals surface area contributed by atoms with E-state index in [1.807, 2.05) is 6.08 Å². The Morgan fingerprint density at radius 2 is 2.11 bits per heavy atom. The maximum absolute atomic E-state index is 13.2. The molecule has 2 amide bonds. The number of oxime groups is 1. The lowest BCUT2D eigenvalue weighted by Gasteiger charge is -2.49. The number of thiazole rings is 1. The number of aromatic nitrogens is 1. The first-order valence-electron chi connectivity index (χ1n) is 10.5. The Bertz CT molecular complexity index is 1140. The minimum Gasteiger partial charge on any atom is -0.466 e. The third kappa shape index (κ3) is 5.83. The lowest BCUT2D eigenvalue weighted by molar-refractivity contribution is -0.153. The first kappa shape index (κ1) is 27.9. The van der Waals surface area contributed by atoms with Gasteiger partial charge in [-0.25, -0.2) is 14.6 Å². The average molecular weight is 649 g/mol. The number of nitrogens with zero attached hydrogens (tertiary/aromatic N) is 3.